The van der Waals surface area contributed by atoms with E-state index in [4.69, 9.17) is 0 Å². The Morgan fingerprint density at radius 3 is 2.65 bits per heavy atom. The van der Waals surface area contributed by atoms with Gasteiger partial charge in [0.25, 0.3) is 0 Å². The second-order valence-corrected chi connectivity index (χ2v) is 4.26. The van der Waals surface area contributed by atoms with Gasteiger partial charge in [-0.15, -0.1) is 0 Å². The van der Waals surface area contributed by atoms with E-state index in [9.17, 15) is 0 Å². The topological polar surface area (TPSA) is 33.1 Å². The summed E-state index contributed by atoms with van der Waals surface area (Å²) in [7, 11) is 6.02. The van der Waals surface area contributed by atoms with E-state index in [1.54, 1.807) is 0 Å². The van der Waals surface area contributed by atoms with E-state index in [0.29, 0.717) is 0 Å². The first-order valence-electron chi connectivity index (χ1n) is 5.64. The predicted molar refractivity (Wildman–Crippen MR) is 71.3 cm³/mol. The molecule has 2 aromatic rings. The number of nitrogens with one attached hydrogen (secondary N) is 1. The molecule has 0 fully saturated rings. The number of nitrogens with zero attached hydrogens (tertiary/aromatic N) is 3. The maximum atomic E-state index is 4.36. The Balaban J connectivity index is 1.98. The molecule has 0 aromatic carbocycles. The minimum Gasteiger partial charge on any atom is -0.378 e. The number of hydrogen-bond donors (Lipinski definition) is 1. The molecule has 0 amide bonds. The van der Waals surface area contributed by atoms with Crippen LogP contribution in [0.3, 0.4) is 0 Å². The molecule has 0 saturated carbocycles. The van der Waals surface area contributed by atoms with Crippen LogP contribution in [-0.4, -0.2) is 23.6 Å². The van der Waals surface area contributed by atoms with E-state index in [1.165, 1.54) is 5.69 Å². The molecular formula is C13H18N4. The number of hydrogen-bond acceptors (Lipinski definition) is 3. The van der Waals surface area contributed by atoms with E-state index in [1.807, 2.05) is 56.6 Å². The van der Waals surface area contributed by atoms with Gasteiger partial charge in [-0.05, 0) is 24.3 Å². The van der Waals surface area contributed by atoms with Gasteiger partial charge >= 0.3 is 0 Å². The Hall–Kier alpha value is -1.97. The van der Waals surface area contributed by atoms with Crippen LogP contribution in [0.15, 0.2) is 36.7 Å². The van der Waals surface area contributed by atoms with Gasteiger partial charge in [0.1, 0.15) is 5.82 Å². The minimum atomic E-state index is 0.812. The molecule has 17 heavy (non-hydrogen) atoms. The Bertz CT molecular complexity index is 470. The summed E-state index contributed by atoms with van der Waals surface area (Å²) < 4.78 is 2.11. The summed E-state index contributed by atoms with van der Waals surface area (Å²) in [6.45, 7) is 0.812. The molecule has 4 nitrogen and oxygen atoms in total. The standard InChI is InChI=1S/C13H18N4/c1-16(2)13-7-6-11(9-15-13)14-10-12-5-4-8-17(12)3/h4-9,14H,10H2,1-3H3. The van der Waals surface area contributed by atoms with E-state index in [-0.39, 0.29) is 0 Å². The maximum absolute atomic E-state index is 4.36. The van der Waals surface area contributed by atoms with Crippen LogP contribution in [0.25, 0.3) is 0 Å². The van der Waals surface area contributed by atoms with Gasteiger partial charge in [-0.1, -0.05) is 0 Å². The number of anilines is 2. The van der Waals surface area contributed by atoms with Crippen LogP contribution in [-0.2, 0) is 13.6 Å². The molecule has 4 heteroatoms. The van der Waals surface area contributed by atoms with Crippen molar-refractivity contribution in [2.75, 3.05) is 24.3 Å². The largest absolute Gasteiger partial charge is 0.378 e. The first-order valence-corrected chi connectivity index (χ1v) is 5.64. The average molecular weight is 230 g/mol. The third kappa shape index (κ3) is 2.78. The van der Waals surface area contributed by atoms with Crippen LogP contribution in [0, 0.1) is 0 Å². The molecule has 2 rings (SSSR count). The van der Waals surface area contributed by atoms with Crippen molar-refractivity contribution in [2.24, 2.45) is 7.05 Å². The highest BCUT2D eigenvalue weighted by molar-refractivity contribution is 5.48. The van der Waals surface area contributed by atoms with Crippen molar-refractivity contribution < 1.29 is 0 Å². The number of aromatic nitrogens is 2. The Morgan fingerprint density at radius 2 is 2.12 bits per heavy atom. The van der Waals surface area contributed by atoms with Crippen LogP contribution in [0.1, 0.15) is 5.69 Å². The lowest BCUT2D eigenvalue weighted by molar-refractivity contribution is 0.842. The smallest absolute Gasteiger partial charge is 0.128 e. The molecule has 1 N–H and O–H groups in total. The first kappa shape index (κ1) is 11.5. The summed E-state index contributed by atoms with van der Waals surface area (Å²) in [6.07, 6.45) is 3.91. The highest BCUT2D eigenvalue weighted by Gasteiger charge is 1.99. The Labute approximate surface area is 102 Å². The molecule has 2 heterocycles. The van der Waals surface area contributed by atoms with E-state index in [0.717, 1.165) is 18.1 Å². The van der Waals surface area contributed by atoms with Crippen LogP contribution in [0.4, 0.5) is 11.5 Å². The molecule has 0 spiro atoms. The van der Waals surface area contributed by atoms with Gasteiger partial charge in [0.05, 0.1) is 18.4 Å². The number of rotatable bonds is 4. The molecule has 2 aromatic heterocycles. The molecule has 0 radical (unpaired) electrons. The zero-order valence-corrected chi connectivity index (χ0v) is 10.5. The lowest BCUT2D eigenvalue weighted by atomic mass is 10.3. The molecule has 0 saturated heterocycles. The van der Waals surface area contributed by atoms with E-state index in [2.05, 4.69) is 20.9 Å². The molecule has 0 bridgehead atoms. The second kappa shape index (κ2) is 4.91. The van der Waals surface area contributed by atoms with Crippen molar-refractivity contribution in [2.45, 2.75) is 6.54 Å². The molecule has 0 atom stereocenters. The fraction of sp³-hybridized carbons (Fsp3) is 0.308. The van der Waals surface area contributed by atoms with Crippen LogP contribution < -0.4 is 10.2 Å². The normalized spacial score (nSPS) is 10.3. The zero-order chi connectivity index (χ0) is 12.3. The van der Waals surface area contributed by atoms with Crippen LogP contribution in [0.5, 0.6) is 0 Å². The van der Waals surface area contributed by atoms with Gasteiger partial charge in [0.2, 0.25) is 0 Å². The number of aryl methyl sites for hydroxylation is 1. The summed E-state index contributed by atoms with van der Waals surface area (Å²) >= 11 is 0. The summed E-state index contributed by atoms with van der Waals surface area (Å²) in [5.74, 6) is 0.967. The molecule has 0 aliphatic rings. The molecule has 90 valence electrons. The molecule has 0 unspecified atom stereocenters. The SMILES string of the molecule is CN(C)c1ccc(NCc2cccn2C)cn1. The summed E-state index contributed by atoms with van der Waals surface area (Å²) in [4.78, 5) is 6.34. The summed E-state index contributed by atoms with van der Waals surface area (Å²) in [6, 6.07) is 8.21. The van der Waals surface area contributed by atoms with Crippen molar-refractivity contribution in [1.29, 1.82) is 0 Å². The quantitative estimate of drug-likeness (QED) is 0.873. The lowest BCUT2D eigenvalue weighted by Gasteiger charge is -2.12. The average Bonchev–Trinajstić information content (AvgIpc) is 2.73. The summed E-state index contributed by atoms with van der Waals surface area (Å²) in [5.41, 5.74) is 2.29. The predicted octanol–water partition coefficient (Wildman–Crippen LogP) is 2.10. The highest BCUT2D eigenvalue weighted by Crippen LogP contribution is 2.12. The minimum absolute atomic E-state index is 0.812. The van der Waals surface area contributed by atoms with E-state index >= 15 is 0 Å². The highest BCUT2D eigenvalue weighted by atomic mass is 15.1. The summed E-state index contributed by atoms with van der Waals surface area (Å²) in [5, 5.41) is 3.35. The fourth-order valence-corrected chi connectivity index (χ4v) is 1.63. The van der Waals surface area contributed by atoms with E-state index < -0.39 is 0 Å². The fourth-order valence-electron chi connectivity index (χ4n) is 1.63. The lowest BCUT2D eigenvalue weighted by Crippen LogP contribution is -2.10. The van der Waals surface area contributed by atoms with Gasteiger partial charge in [-0.3, -0.25) is 0 Å². The Kier molecular flexibility index (Phi) is 3.32. The van der Waals surface area contributed by atoms with Gasteiger partial charge in [0.15, 0.2) is 0 Å². The van der Waals surface area contributed by atoms with Crippen molar-refractivity contribution in [1.82, 2.24) is 9.55 Å². The maximum Gasteiger partial charge on any atom is 0.128 e. The van der Waals surface area contributed by atoms with Gasteiger partial charge < -0.3 is 14.8 Å². The van der Waals surface area contributed by atoms with Crippen molar-refractivity contribution in [3.05, 3.63) is 42.4 Å². The molecular weight excluding hydrogens is 212 g/mol. The first-order chi connectivity index (χ1) is 8.16. The van der Waals surface area contributed by atoms with Crippen molar-refractivity contribution in [3.63, 3.8) is 0 Å². The third-order valence-corrected chi connectivity index (χ3v) is 2.73. The van der Waals surface area contributed by atoms with Crippen LogP contribution in [0.2, 0.25) is 0 Å². The second-order valence-electron chi connectivity index (χ2n) is 4.26. The van der Waals surface area contributed by atoms with Gasteiger partial charge in [-0.25, -0.2) is 4.98 Å². The molecule has 0 aliphatic heterocycles. The van der Waals surface area contributed by atoms with Crippen molar-refractivity contribution in [3.8, 4) is 0 Å². The van der Waals surface area contributed by atoms with Crippen molar-refractivity contribution >= 4 is 11.5 Å². The monoisotopic (exact) mass is 230 g/mol. The zero-order valence-electron chi connectivity index (χ0n) is 10.5. The van der Waals surface area contributed by atoms with Gasteiger partial charge in [0, 0.05) is 33.0 Å². The van der Waals surface area contributed by atoms with Gasteiger partial charge in [-0.2, -0.15) is 0 Å². The third-order valence-electron chi connectivity index (χ3n) is 2.73. The molecule has 0 aliphatic carbocycles. The Morgan fingerprint density at radius 1 is 1.29 bits per heavy atom. The van der Waals surface area contributed by atoms with Crippen LogP contribution >= 0.6 is 0 Å². The number of pyridine rings is 1.